The number of hydrogen-bond acceptors (Lipinski definition) is 2. The van der Waals surface area contributed by atoms with Crippen molar-refractivity contribution in [2.24, 2.45) is 0 Å². The van der Waals surface area contributed by atoms with Gasteiger partial charge in [-0.25, -0.2) is 0 Å². The minimum absolute atomic E-state index is 0.355. The third kappa shape index (κ3) is 8.93. The smallest absolute Gasteiger partial charge is 0.107 e. The summed E-state index contributed by atoms with van der Waals surface area (Å²) in [6.07, 6.45) is 13.1. The van der Waals surface area contributed by atoms with E-state index in [1.807, 2.05) is 0 Å². The summed E-state index contributed by atoms with van der Waals surface area (Å²) in [4.78, 5) is 0. The van der Waals surface area contributed by atoms with Crippen LogP contribution < -0.4 is 0 Å². The van der Waals surface area contributed by atoms with Crippen molar-refractivity contribution in [3.8, 4) is 0 Å². The number of quaternary nitrogens is 1. The summed E-state index contributed by atoms with van der Waals surface area (Å²) in [6.45, 7) is 3.80. The van der Waals surface area contributed by atoms with Gasteiger partial charge in [0.05, 0.1) is 20.6 Å². The van der Waals surface area contributed by atoms with Crippen molar-refractivity contribution in [1.82, 2.24) is 0 Å². The van der Waals surface area contributed by atoms with Crippen LogP contribution in [-0.2, 0) is 4.74 Å². The van der Waals surface area contributed by atoms with Gasteiger partial charge in [-0.05, 0) is 25.7 Å². The fourth-order valence-electron chi connectivity index (χ4n) is 3.14. The first kappa shape index (κ1) is 17.9. The second kappa shape index (κ2) is 10.6. The SMILES string of the molecule is C[N+]1(C)CCCC(OCCCCCCCCCCO)C1. The molecule has 0 aromatic carbocycles. The van der Waals surface area contributed by atoms with E-state index in [1.165, 1.54) is 70.9 Å². The van der Waals surface area contributed by atoms with Crippen LogP contribution in [0.2, 0.25) is 0 Å². The van der Waals surface area contributed by atoms with Gasteiger partial charge in [0.1, 0.15) is 12.6 Å². The van der Waals surface area contributed by atoms with Gasteiger partial charge in [0.2, 0.25) is 0 Å². The van der Waals surface area contributed by atoms with E-state index in [9.17, 15) is 0 Å². The molecule has 3 heteroatoms. The molecular formula is C17H36NO2+. The van der Waals surface area contributed by atoms with Crippen molar-refractivity contribution < 1.29 is 14.3 Å². The lowest BCUT2D eigenvalue weighted by atomic mass is 10.1. The Bertz CT molecular complexity index is 231. The van der Waals surface area contributed by atoms with Crippen LogP contribution in [-0.4, -0.2) is 56.1 Å². The molecule has 0 radical (unpaired) electrons. The molecule has 0 bridgehead atoms. The summed E-state index contributed by atoms with van der Waals surface area (Å²) in [6, 6.07) is 0. The average Bonchev–Trinajstić information content (AvgIpc) is 2.40. The summed E-state index contributed by atoms with van der Waals surface area (Å²) >= 11 is 0. The van der Waals surface area contributed by atoms with E-state index < -0.39 is 0 Å². The van der Waals surface area contributed by atoms with E-state index in [0.717, 1.165) is 17.5 Å². The predicted octanol–water partition coefficient (Wildman–Crippen LogP) is 3.35. The minimum atomic E-state index is 0.355. The molecule has 1 N–H and O–H groups in total. The van der Waals surface area contributed by atoms with Crippen molar-refractivity contribution in [2.75, 3.05) is 40.4 Å². The largest absolute Gasteiger partial charge is 0.396 e. The molecule has 1 heterocycles. The summed E-state index contributed by atoms with van der Waals surface area (Å²) in [5.74, 6) is 0. The number of ether oxygens (including phenoxy) is 1. The minimum Gasteiger partial charge on any atom is -0.396 e. The van der Waals surface area contributed by atoms with Gasteiger partial charge in [-0.15, -0.1) is 0 Å². The predicted molar refractivity (Wildman–Crippen MR) is 84.8 cm³/mol. The fraction of sp³-hybridized carbons (Fsp3) is 1.00. The summed E-state index contributed by atoms with van der Waals surface area (Å²) in [5, 5.41) is 8.69. The van der Waals surface area contributed by atoms with Crippen molar-refractivity contribution in [2.45, 2.75) is 70.3 Å². The Kier molecular flexibility index (Phi) is 9.49. The van der Waals surface area contributed by atoms with Crippen LogP contribution in [0.25, 0.3) is 0 Å². The Balaban J connectivity index is 1.85. The van der Waals surface area contributed by atoms with Crippen molar-refractivity contribution in [1.29, 1.82) is 0 Å². The number of likely N-dealkylation sites (tertiary alicyclic amines) is 1. The molecule has 1 rings (SSSR count). The van der Waals surface area contributed by atoms with Crippen LogP contribution in [0.1, 0.15) is 64.2 Å². The monoisotopic (exact) mass is 286 g/mol. The van der Waals surface area contributed by atoms with Gasteiger partial charge in [-0.1, -0.05) is 38.5 Å². The molecule has 0 aromatic rings. The quantitative estimate of drug-likeness (QED) is 0.466. The first-order valence-corrected chi connectivity index (χ1v) is 8.68. The van der Waals surface area contributed by atoms with E-state index >= 15 is 0 Å². The van der Waals surface area contributed by atoms with Crippen LogP contribution in [0.3, 0.4) is 0 Å². The lowest BCUT2D eigenvalue weighted by Gasteiger charge is -2.37. The zero-order valence-corrected chi connectivity index (χ0v) is 13.8. The number of piperidine rings is 1. The highest BCUT2D eigenvalue weighted by atomic mass is 16.5. The highest BCUT2D eigenvalue weighted by molar-refractivity contribution is 4.63. The van der Waals surface area contributed by atoms with Gasteiger partial charge in [0, 0.05) is 13.2 Å². The first-order valence-electron chi connectivity index (χ1n) is 8.68. The zero-order valence-electron chi connectivity index (χ0n) is 13.8. The van der Waals surface area contributed by atoms with Gasteiger partial charge in [0.25, 0.3) is 0 Å². The number of unbranched alkanes of at least 4 members (excludes halogenated alkanes) is 7. The molecule has 3 nitrogen and oxygen atoms in total. The average molecular weight is 286 g/mol. The van der Waals surface area contributed by atoms with Gasteiger partial charge in [-0.3, -0.25) is 0 Å². The molecule has 0 aromatic heterocycles. The number of likely N-dealkylation sites (N-methyl/N-ethyl adjacent to an activating group) is 1. The molecule has 0 aliphatic carbocycles. The van der Waals surface area contributed by atoms with Gasteiger partial charge in [-0.2, -0.15) is 0 Å². The maximum absolute atomic E-state index is 8.69. The third-order valence-corrected chi connectivity index (χ3v) is 4.39. The fourth-order valence-corrected chi connectivity index (χ4v) is 3.14. The van der Waals surface area contributed by atoms with Crippen LogP contribution in [0.4, 0.5) is 0 Å². The number of hydrogen-bond donors (Lipinski definition) is 1. The van der Waals surface area contributed by atoms with Crippen molar-refractivity contribution in [3.63, 3.8) is 0 Å². The molecule has 0 amide bonds. The van der Waals surface area contributed by atoms with Gasteiger partial charge in [0.15, 0.2) is 0 Å². The molecule has 1 atom stereocenters. The standard InChI is InChI=1S/C17H36NO2/c1-18(2)13-11-12-17(16-18)20-15-10-8-6-4-3-5-7-9-14-19/h17,19H,3-16H2,1-2H3/q+1. The molecule has 0 spiro atoms. The Morgan fingerprint density at radius 3 is 2.15 bits per heavy atom. The Labute approximate surface area is 125 Å². The van der Waals surface area contributed by atoms with E-state index in [2.05, 4.69) is 14.1 Å². The van der Waals surface area contributed by atoms with Gasteiger partial charge >= 0.3 is 0 Å². The van der Waals surface area contributed by atoms with E-state index in [-0.39, 0.29) is 0 Å². The van der Waals surface area contributed by atoms with E-state index in [0.29, 0.717) is 12.7 Å². The number of rotatable bonds is 11. The van der Waals surface area contributed by atoms with Crippen molar-refractivity contribution >= 4 is 0 Å². The molecule has 120 valence electrons. The Morgan fingerprint density at radius 2 is 1.55 bits per heavy atom. The van der Waals surface area contributed by atoms with Crippen molar-refractivity contribution in [3.05, 3.63) is 0 Å². The first-order chi connectivity index (χ1) is 9.64. The molecule has 1 unspecified atom stereocenters. The molecule has 0 saturated carbocycles. The summed E-state index contributed by atoms with van der Waals surface area (Å²) in [5.41, 5.74) is 0. The number of aliphatic hydroxyl groups is 1. The topological polar surface area (TPSA) is 29.5 Å². The molecule has 1 aliphatic rings. The Hall–Kier alpha value is -0.120. The second-order valence-electron chi connectivity index (χ2n) is 7.03. The second-order valence-corrected chi connectivity index (χ2v) is 7.03. The molecule has 20 heavy (non-hydrogen) atoms. The number of nitrogens with zero attached hydrogens (tertiary/aromatic N) is 1. The molecular weight excluding hydrogens is 250 g/mol. The normalized spacial score (nSPS) is 22.1. The van der Waals surface area contributed by atoms with Crippen LogP contribution >= 0.6 is 0 Å². The molecule has 1 saturated heterocycles. The lowest BCUT2D eigenvalue weighted by Crippen LogP contribution is -2.50. The highest BCUT2D eigenvalue weighted by Crippen LogP contribution is 2.17. The highest BCUT2D eigenvalue weighted by Gasteiger charge is 2.27. The van der Waals surface area contributed by atoms with E-state index in [1.54, 1.807) is 0 Å². The van der Waals surface area contributed by atoms with Gasteiger partial charge < -0.3 is 14.3 Å². The molecule has 1 aliphatic heterocycles. The third-order valence-electron chi connectivity index (χ3n) is 4.39. The maximum Gasteiger partial charge on any atom is 0.107 e. The Morgan fingerprint density at radius 1 is 0.950 bits per heavy atom. The molecule has 1 fully saturated rings. The van der Waals surface area contributed by atoms with Crippen LogP contribution in [0.15, 0.2) is 0 Å². The summed E-state index contributed by atoms with van der Waals surface area (Å²) in [7, 11) is 4.62. The zero-order chi connectivity index (χ0) is 14.7. The maximum atomic E-state index is 8.69. The van der Waals surface area contributed by atoms with E-state index in [4.69, 9.17) is 9.84 Å². The lowest BCUT2D eigenvalue weighted by molar-refractivity contribution is -0.898. The number of aliphatic hydroxyl groups excluding tert-OH is 1. The van der Waals surface area contributed by atoms with Crippen LogP contribution in [0.5, 0.6) is 0 Å². The summed E-state index contributed by atoms with van der Waals surface area (Å²) < 4.78 is 7.16. The van der Waals surface area contributed by atoms with Crippen LogP contribution in [0, 0.1) is 0 Å².